The highest BCUT2D eigenvalue weighted by molar-refractivity contribution is 7.99. The fourth-order valence-corrected chi connectivity index (χ4v) is 7.14. The van der Waals surface area contributed by atoms with Crippen LogP contribution in [0.4, 0.5) is 0 Å². The Morgan fingerprint density at radius 2 is 2.07 bits per heavy atom. The Balaban J connectivity index is 1.43. The Bertz CT molecular complexity index is 904. The smallest absolute Gasteiger partial charge is 0.233 e. The first-order valence-corrected chi connectivity index (χ1v) is 13.3. The number of carbonyl (C=O) groups is 1. The van der Waals surface area contributed by atoms with E-state index >= 15 is 0 Å². The molecule has 10 heteroatoms. The third-order valence-corrected chi connectivity index (χ3v) is 8.86. The number of thiophene rings is 1. The van der Waals surface area contributed by atoms with Gasteiger partial charge in [0.1, 0.15) is 0 Å². The van der Waals surface area contributed by atoms with Gasteiger partial charge in [0.25, 0.3) is 0 Å². The zero-order chi connectivity index (χ0) is 19.6. The zero-order valence-electron chi connectivity index (χ0n) is 15.5. The van der Waals surface area contributed by atoms with Crippen LogP contribution in [0.5, 0.6) is 0 Å². The summed E-state index contributed by atoms with van der Waals surface area (Å²) in [6, 6.07) is 3.90. The van der Waals surface area contributed by atoms with Crippen LogP contribution in [0.3, 0.4) is 0 Å². The normalized spacial score (nSPS) is 22.4. The second-order valence-electron chi connectivity index (χ2n) is 7.38. The molecular weight excluding hydrogens is 416 g/mol. The highest BCUT2D eigenvalue weighted by Gasteiger charge is 2.38. The lowest BCUT2D eigenvalue weighted by molar-refractivity contribution is -0.133. The fourth-order valence-electron chi connectivity index (χ4n) is 4.09. The molecule has 0 bridgehead atoms. The minimum absolute atomic E-state index is 0.00136. The number of rotatable bonds is 6. The summed E-state index contributed by atoms with van der Waals surface area (Å²) >= 11 is 2.89. The lowest BCUT2D eigenvalue weighted by Crippen LogP contribution is -2.49. The molecule has 1 aliphatic heterocycles. The van der Waals surface area contributed by atoms with Gasteiger partial charge >= 0.3 is 0 Å². The van der Waals surface area contributed by atoms with Gasteiger partial charge in [0.15, 0.2) is 15.7 Å². The van der Waals surface area contributed by atoms with E-state index in [0.717, 1.165) is 30.6 Å². The predicted octanol–water partition coefficient (Wildman–Crippen LogP) is 2.97. The van der Waals surface area contributed by atoms with Crippen molar-refractivity contribution in [1.82, 2.24) is 20.1 Å². The number of hydrogen-bond acceptors (Lipinski definition) is 7. The van der Waals surface area contributed by atoms with Gasteiger partial charge in [0, 0.05) is 12.1 Å². The maximum Gasteiger partial charge on any atom is 0.233 e. The Morgan fingerprint density at radius 1 is 1.25 bits per heavy atom. The van der Waals surface area contributed by atoms with Crippen LogP contribution in [0.25, 0.3) is 10.7 Å². The molecule has 2 aromatic heterocycles. The van der Waals surface area contributed by atoms with E-state index in [1.54, 1.807) is 11.3 Å². The van der Waals surface area contributed by atoms with Crippen LogP contribution in [-0.4, -0.2) is 63.7 Å². The average molecular weight is 441 g/mol. The summed E-state index contributed by atoms with van der Waals surface area (Å²) in [4.78, 5) is 20.5. The van der Waals surface area contributed by atoms with Crippen LogP contribution in [0.1, 0.15) is 38.5 Å². The van der Waals surface area contributed by atoms with Gasteiger partial charge in [-0.3, -0.25) is 9.89 Å². The molecule has 7 nitrogen and oxygen atoms in total. The van der Waals surface area contributed by atoms with E-state index in [9.17, 15) is 13.2 Å². The number of amides is 1. The summed E-state index contributed by atoms with van der Waals surface area (Å²) in [6.07, 6.45) is 5.89. The number of aromatic amines is 1. The second-order valence-corrected chi connectivity index (χ2v) is 11.5. The molecule has 0 aromatic carbocycles. The van der Waals surface area contributed by atoms with E-state index in [2.05, 4.69) is 15.2 Å². The van der Waals surface area contributed by atoms with Crippen molar-refractivity contribution in [2.24, 2.45) is 0 Å². The number of nitrogens with one attached hydrogen (secondary N) is 1. The molecule has 1 amide bonds. The molecule has 152 valence electrons. The van der Waals surface area contributed by atoms with E-state index < -0.39 is 9.84 Å². The number of hydrogen-bond donors (Lipinski definition) is 1. The summed E-state index contributed by atoms with van der Waals surface area (Å²) in [5.41, 5.74) is 0. The van der Waals surface area contributed by atoms with Crippen LogP contribution in [0, 0.1) is 0 Å². The van der Waals surface area contributed by atoms with Crippen molar-refractivity contribution < 1.29 is 13.2 Å². The van der Waals surface area contributed by atoms with E-state index in [-0.39, 0.29) is 35.2 Å². The number of carbonyl (C=O) groups excluding carboxylic acids is 1. The van der Waals surface area contributed by atoms with E-state index in [0.29, 0.717) is 17.4 Å². The van der Waals surface area contributed by atoms with Gasteiger partial charge < -0.3 is 4.90 Å². The van der Waals surface area contributed by atoms with Gasteiger partial charge in [-0.2, -0.15) is 0 Å². The fraction of sp³-hybridized carbons (Fsp3) is 0.611. The summed E-state index contributed by atoms with van der Waals surface area (Å²) < 4.78 is 24.0. The number of aromatic nitrogens is 3. The van der Waals surface area contributed by atoms with E-state index in [4.69, 9.17) is 0 Å². The summed E-state index contributed by atoms with van der Waals surface area (Å²) in [6.45, 7) is 0. The first-order valence-electron chi connectivity index (χ1n) is 9.62. The molecule has 0 unspecified atom stereocenters. The SMILES string of the molecule is O=C(CSc1n[nH]c(-c2cccs2)n1)N(C1CCCCC1)[C@H]1CCS(=O)(=O)C1. The highest BCUT2D eigenvalue weighted by Crippen LogP contribution is 2.30. The molecule has 3 heterocycles. The standard InChI is InChI=1S/C18H24N4O3S3/c23-16(11-27-18-19-17(20-21-18)15-7-4-9-26-15)22(13-5-2-1-3-6-13)14-8-10-28(24,25)12-14/h4,7,9,13-14H,1-3,5-6,8,10-12H2,(H,19,20,21)/t14-/m0/s1. The molecule has 1 saturated heterocycles. The number of sulfone groups is 1. The van der Waals surface area contributed by atoms with Crippen LogP contribution < -0.4 is 0 Å². The topological polar surface area (TPSA) is 96.0 Å². The number of H-pyrrole nitrogens is 1. The van der Waals surface area contributed by atoms with Crippen LogP contribution in [-0.2, 0) is 14.6 Å². The summed E-state index contributed by atoms with van der Waals surface area (Å²) in [5.74, 6) is 1.22. The molecule has 0 radical (unpaired) electrons. The van der Waals surface area contributed by atoms with Crippen molar-refractivity contribution in [2.75, 3.05) is 17.3 Å². The Morgan fingerprint density at radius 3 is 2.75 bits per heavy atom. The molecule has 4 rings (SSSR count). The van der Waals surface area contributed by atoms with Gasteiger partial charge in [-0.25, -0.2) is 13.4 Å². The van der Waals surface area contributed by atoms with Crippen molar-refractivity contribution in [1.29, 1.82) is 0 Å². The highest BCUT2D eigenvalue weighted by atomic mass is 32.2. The second kappa shape index (κ2) is 8.54. The molecule has 2 fully saturated rings. The van der Waals surface area contributed by atoms with Crippen molar-refractivity contribution >= 4 is 38.8 Å². The van der Waals surface area contributed by atoms with Crippen LogP contribution >= 0.6 is 23.1 Å². The Labute approximate surface area is 173 Å². The maximum absolute atomic E-state index is 13.1. The van der Waals surface area contributed by atoms with Crippen molar-refractivity contribution in [2.45, 2.75) is 55.8 Å². The molecule has 1 saturated carbocycles. The molecule has 2 aromatic rings. The summed E-state index contributed by atoms with van der Waals surface area (Å²) in [5, 5.41) is 9.64. The molecular formula is C18H24N4O3S3. The maximum atomic E-state index is 13.1. The van der Waals surface area contributed by atoms with Crippen molar-refractivity contribution in [3.05, 3.63) is 17.5 Å². The predicted molar refractivity (Wildman–Crippen MR) is 111 cm³/mol. The molecule has 1 N–H and O–H groups in total. The minimum atomic E-state index is -3.03. The third kappa shape index (κ3) is 4.60. The zero-order valence-corrected chi connectivity index (χ0v) is 18.0. The molecule has 0 spiro atoms. The Hall–Kier alpha value is -1.39. The first kappa shape index (κ1) is 19.9. The monoisotopic (exact) mass is 440 g/mol. The van der Waals surface area contributed by atoms with Crippen molar-refractivity contribution in [3.63, 3.8) is 0 Å². The van der Waals surface area contributed by atoms with Gasteiger partial charge in [-0.15, -0.1) is 16.4 Å². The van der Waals surface area contributed by atoms with Gasteiger partial charge in [0.05, 0.1) is 22.1 Å². The minimum Gasteiger partial charge on any atom is -0.335 e. The van der Waals surface area contributed by atoms with Crippen molar-refractivity contribution in [3.8, 4) is 10.7 Å². The lowest BCUT2D eigenvalue weighted by atomic mass is 9.93. The molecule has 2 aliphatic rings. The Kier molecular flexibility index (Phi) is 6.07. The third-order valence-electron chi connectivity index (χ3n) is 5.40. The van der Waals surface area contributed by atoms with E-state index in [1.165, 1.54) is 18.2 Å². The average Bonchev–Trinajstić information content (AvgIpc) is 3.42. The van der Waals surface area contributed by atoms with E-state index in [1.807, 2.05) is 22.4 Å². The number of thioether (sulfide) groups is 1. The summed E-state index contributed by atoms with van der Waals surface area (Å²) in [7, 11) is -3.03. The molecule has 1 atom stereocenters. The molecule has 28 heavy (non-hydrogen) atoms. The largest absolute Gasteiger partial charge is 0.335 e. The van der Waals surface area contributed by atoms with Gasteiger partial charge in [0.2, 0.25) is 11.1 Å². The number of nitrogens with zero attached hydrogens (tertiary/aromatic N) is 3. The van der Waals surface area contributed by atoms with Crippen LogP contribution in [0.2, 0.25) is 0 Å². The molecule has 1 aliphatic carbocycles. The van der Waals surface area contributed by atoms with Gasteiger partial charge in [-0.05, 0) is 30.7 Å². The first-order chi connectivity index (χ1) is 13.5. The quantitative estimate of drug-likeness (QED) is 0.694. The van der Waals surface area contributed by atoms with Gasteiger partial charge in [-0.1, -0.05) is 37.1 Å². The van der Waals surface area contributed by atoms with Crippen LogP contribution in [0.15, 0.2) is 22.7 Å². The lowest BCUT2D eigenvalue weighted by Gasteiger charge is -2.38.